The van der Waals surface area contributed by atoms with Crippen LogP contribution in [0.5, 0.6) is 5.75 Å². The summed E-state index contributed by atoms with van der Waals surface area (Å²) in [5.74, 6) is -0.0806. The average Bonchev–Trinajstić information content (AvgIpc) is 2.83. The Morgan fingerprint density at radius 2 is 1.75 bits per heavy atom. The molecule has 0 bridgehead atoms. The molecule has 1 atom stereocenters. The molecule has 6 nitrogen and oxygen atoms in total. The van der Waals surface area contributed by atoms with E-state index in [1.54, 1.807) is 36.4 Å². The van der Waals surface area contributed by atoms with Gasteiger partial charge in [-0.15, -0.1) is 0 Å². The summed E-state index contributed by atoms with van der Waals surface area (Å²) < 4.78 is 16.4. The van der Waals surface area contributed by atoms with Crippen LogP contribution in [-0.4, -0.2) is 18.7 Å². The first kappa shape index (κ1) is 21.9. The van der Waals surface area contributed by atoms with E-state index in [1.165, 1.54) is 0 Å². The van der Waals surface area contributed by atoms with E-state index in [9.17, 15) is 9.59 Å². The summed E-state index contributed by atoms with van der Waals surface area (Å²) in [6.45, 7) is 0.533. The van der Waals surface area contributed by atoms with Crippen molar-refractivity contribution in [3.05, 3.63) is 100 Å². The minimum Gasteiger partial charge on any atom is -0.467 e. The number of esters is 1. The van der Waals surface area contributed by atoms with E-state index in [1.807, 2.05) is 36.4 Å². The summed E-state index contributed by atoms with van der Waals surface area (Å²) >= 11 is 6.18. The summed E-state index contributed by atoms with van der Waals surface area (Å²) in [5, 5.41) is 3.45. The van der Waals surface area contributed by atoms with E-state index in [2.05, 4.69) is 5.32 Å². The van der Waals surface area contributed by atoms with Crippen LogP contribution in [0.15, 0.2) is 72.8 Å². The number of halogens is 1. The first-order valence-corrected chi connectivity index (χ1v) is 10.6. The number of amides is 1. The molecule has 1 unspecified atom stereocenters. The van der Waals surface area contributed by atoms with Gasteiger partial charge in [0.2, 0.25) is 0 Å². The molecule has 0 radical (unpaired) electrons. The van der Waals surface area contributed by atoms with Crippen molar-refractivity contribution in [3.63, 3.8) is 0 Å². The number of hydrogen-bond donors (Lipinski definition) is 1. The third kappa shape index (κ3) is 5.46. The van der Waals surface area contributed by atoms with Crippen LogP contribution in [0.2, 0.25) is 5.02 Å². The minimum atomic E-state index is -0.533. The lowest BCUT2D eigenvalue weighted by molar-refractivity contribution is -0.145. The van der Waals surface area contributed by atoms with Crippen LogP contribution in [-0.2, 0) is 27.5 Å². The molecule has 1 aliphatic rings. The van der Waals surface area contributed by atoms with Crippen molar-refractivity contribution in [2.45, 2.75) is 25.7 Å². The maximum absolute atomic E-state index is 12.7. The Bertz CT molecular complexity index is 1090. The number of ether oxygens (including phenoxy) is 3. The molecule has 0 saturated heterocycles. The molecule has 1 aliphatic heterocycles. The third-order valence-electron chi connectivity index (χ3n) is 5.05. The summed E-state index contributed by atoms with van der Waals surface area (Å²) in [4.78, 5) is 25.4. The third-order valence-corrected chi connectivity index (χ3v) is 5.27. The number of nitrogens with one attached hydrogen (secondary N) is 1. The fourth-order valence-electron chi connectivity index (χ4n) is 3.52. The summed E-state index contributed by atoms with van der Waals surface area (Å²) in [6, 6.07) is 21.2. The maximum atomic E-state index is 12.7. The molecular formula is C25H22ClNO5. The molecule has 0 aliphatic carbocycles. The van der Waals surface area contributed by atoms with Gasteiger partial charge in [-0.25, -0.2) is 0 Å². The predicted molar refractivity (Wildman–Crippen MR) is 119 cm³/mol. The Hall–Kier alpha value is -3.35. The van der Waals surface area contributed by atoms with Crippen molar-refractivity contribution in [1.29, 1.82) is 0 Å². The summed E-state index contributed by atoms with van der Waals surface area (Å²) in [6.07, 6.45) is -0.0185. The fourth-order valence-corrected chi connectivity index (χ4v) is 3.78. The Morgan fingerprint density at radius 1 is 1.03 bits per heavy atom. The highest BCUT2D eigenvalue weighted by molar-refractivity contribution is 6.30. The SMILES string of the molecule is O=C(CC(NC(=O)c1ccccc1)c1ccccc1)OCc1cc(Cl)cc2c1OCOC2. The van der Waals surface area contributed by atoms with Crippen molar-refractivity contribution in [2.24, 2.45) is 0 Å². The van der Waals surface area contributed by atoms with Gasteiger partial charge in [0.1, 0.15) is 12.4 Å². The molecule has 0 spiro atoms. The number of rotatable bonds is 7. The normalized spacial score (nSPS) is 13.4. The van der Waals surface area contributed by atoms with Crippen molar-refractivity contribution in [1.82, 2.24) is 5.32 Å². The zero-order chi connectivity index (χ0) is 22.3. The highest BCUT2D eigenvalue weighted by Crippen LogP contribution is 2.32. The van der Waals surface area contributed by atoms with E-state index in [4.69, 9.17) is 25.8 Å². The molecular weight excluding hydrogens is 430 g/mol. The van der Waals surface area contributed by atoms with Gasteiger partial charge in [0.05, 0.1) is 19.1 Å². The maximum Gasteiger partial charge on any atom is 0.308 e. The predicted octanol–water partition coefficient (Wildman–Crippen LogP) is 4.81. The lowest BCUT2D eigenvalue weighted by atomic mass is 10.0. The lowest BCUT2D eigenvalue weighted by Crippen LogP contribution is -2.30. The van der Waals surface area contributed by atoms with Crippen LogP contribution in [0.25, 0.3) is 0 Å². The second-order valence-electron chi connectivity index (χ2n) is 7.33. The molecule has 7 heteroatoms. The zero-order valence-electron chi connectivity index (χ0n) is 17.3. The zero-order valence-corrected chi connectivity index (χ0v) is 18.0. The van der Waals surface area contributed by atoms with Crippen LogP contribution in [0.3, 0.4) is 0 Å². The van der Waals surface area contributed by atoms with Gasteiger partial charge in [0, 0.05) is 21.7 Å². The Morgan fingerprint density at radius 3 is 2.50 bits per heavy atom. The Labute approximate surface area is 191 Å². The quantitative estimate of drug-likeness (QED) is 0.522. The number of fused-ring (bicyclic) bond motifs is 1. The fraction of sp³-hybridized carbons (Fsp3) is 0.200. The van der Waals surface area contributed by atoms with E-state index in [-0.39, 0.29) is 25.7 Å². The Kier molecular flexibility index (Phi) is 7.04. The van der Waals surface area contributed by atoms with Crippen molar-refractivity contribution < 1.29 is 23.8 Å². The van der Waals surface area contributed by atoms with E-state index >= 15 is 0 Å². The molecule has 32 heavy (non-hydrogen) atoms. The Balaban J connectivity index is 1.45. The summed E-state index contributed by atoms with van der Waals surface area (Å²) in [7, 11) is 0. The first-order chi connectivity index (χ1) is 15.6. The molecule has 1 amide bonds. The van der Waals surface area contributed by atoms with E-state index in [0.717, 1.165) is 11.1 Å². The molecule has 3 aromatic carbocycles. The smallest absolute Gasteiger partial charge is 0.308 e. The number of carbonyl (C=O) groups excluding carboxylic acids is 2. The van der Waals surface area contributed by atoms with Gasteiger partial charge in [0.25, 0.3) is 5.91 Å². The molecule has 0 saturated carbocycles. The van der Waals surface area contributed by atoms with Crippen LogP contribution >= 0.6 is 11.6 Å². The molecule has 1 N–H and O–H groups in total. The summed E-state index contributed by atoms with van der Waals surface area (Å²) in [5.41, 5.74) is 2.82. The molecule has 0 aromatic heterocycles. The van der Waals surface area contributed by atoms with Crippen molar-refractivity contribution in [3.8, 4) is 5.75 Å². The monoisotopic (exact) mass is 451 g/mol. The first-order valence-electron chi connectivity index (χ1n) is 10.2. The lowest BCUT2D eigenvalue weighted by Gasteiger charge is -2.22. The van der Waals surface area contributed by atoms with Gasteiger partial charge in [-0.3, -0.25) is 9.59 Å². The van der Waals surface area contributed by atoms with E-state index in [0.29, 0.717) is 28.5 Å². The number of benzene rings is 3. The van der Waals surface area contributed by atoms with E-state index < -0.39 is 12.0 Å². The van der Waals surface area contributed by atoms with Crippen molar-refractivity contribution >= 4 is 23.5 Å². The molecule has 3 aromatic rings. The second-order valence-corrected chi connectivity index (χ2v) is 7.77. The molecule has 4 rings (SSSR count). The topological polar surface area (TPSA) is 73.9 Å². The van der Waals surface area contributed by atoms with Crippen LogP contribution in [0.1, 0.15) is 39.5 Å². The number of carbonyl (C=O) groups is 2. The van der Waals surface area contributed by atoms with Gasteiger partial charge in [-0.2, -0.15) is 0 Å². The highest BCUT2D eigenvalue weighted by atomic mass is 35.5. The van der Waals surface area contributed by atoms with Gasteiger partial charge in [0.15, 0.2) is 6.79 Å². The molecule has 164 valence electrons. The second kappa shape index (κ2) is 10.3. The van der Waals surface area contributed by atoms with Gasteiger partial charge in [-0.1, -0.05) is 60.1 Å². The van der Waals surface area contributed by atoms with Crippen LogP contribution in [0, 0.1) is 0 Å². The molecule has 1 heterocycles. The molecule has 0 fully saturated rings. The highest BCUT2D eigenvalue weighted by Gasteiger charge is 2.22. The van der Waals surface area contributed by atoms with Crippen LogP contribution in [0.4, 0.5) is 0 Å². The number of hydrogen-bond acceptors (Lipinski definition) is 5. The minimum absolute atomic E-state index is 0.00979. The van der Waals surface area contributed by atoms with Gasteiger partial charge < -0.3 is 19.5 Å². The van der Waals surface area contributed by atoms with Crippen molar-refractivity contribution in [2.75, 3.05) is 6.79 Å². The average molecular weight is 452 g/mol. The largest absolute Gasteiger partial charge is 0.467 e. The van der Waals surface area contributed by atoms with Crippen LogP contribution < -0.4 is 10.1 Å². The van der Waals surface area contributed by atoms with Gasteiger partial charge >= 0.3 is 5.97 Å². The standard InChI is InChI=1S/C25H22ClNO5/c26-21-11-19-14-30-16-32-24(19)20(12-21)15-31-23(28)13-22(17-7-3-1-4-8-17)27-25(29)18-9-5-2-6-10-18/h1-12,22H,13-16H2,(H,27,29). The van der Waals surface area contributed by atoms with Gasteiger partial charge in [-0.05, 0) is 29.8 Å².